The third-order valence-electron chi connectivity index (χ3n) is 3.67. The van der Waals surface area contributed by atoms with Gasteiger partial charge in [0.05, 0.1) is 0 Å². The van der Waals surface area contributed by atoms with E-state index in [-0.39, 0.29) is 24.3 Å². The van der Waals surface area contributed by atoms with E-state index >= 15 is 0 Å². The molecule has 2 aromatic carbocycles. The maximum atomic E-state index is 12.8. The molecule has 2 aromatic rings. The summed E-state index contributed by atoms with van der Waals surface area (Å²) in [6, 6.07) is 10.6. The van der Waals surface area contributed by atoms with Gasteiger partial charge in [-0.2, -0.15) is 0 Å². The highest BCUT2D eigenvalue weighted by atomic mass is 19.1. The highest BCUT2D eigenvalue weighted by molar-refractivity contribution is 5.96. The van der Waals surface area contributed by atoms with Gasteiger partial charge < -0.3 is 5.32 Å². The Kier molecular flexibility index (Phi) is 6.43. The summed E-state index contributed by atoms with van der Waals surface area (Å²) in [6.45, 7) is 3.80. The first-order valence-corrected chi connectivity index (χ1v) is 8.07. The lowest BCUT2D eigenvalue weighted by molar-refractivity contribution is -0.124. The summed E-state index contributed by atoms with van der Waals surface area (Å²) < 4.78 is 12.8. The Hall–Kier alpha value is -3.22. The number of benzene rings is 2. The number of hydrogen-bond donors (Lipinski definition) is 3. The summed E-state index contributed by atoms with van der Waals surface area (Å²) in [5.74, 6) is -1.83. The molecule has 136 valence electrons. The molecule has 2 rings (SSSR count). The quantitative estimate of drug-likeness (QED) is 0.719. The smallest absolute Gasteiger partial charge is 0.269 e. The van der Waals surface area contributed by atoms with Crippen molar-refractivity contribution in [3.8, 4) is 0 Å². The first kappa shape index (κ1) is 19.1. The van der Waals surface area contributed by atoms with Crippen molar-refractivity contribution < 1.29 is 18.8 Å². The predicted molar refractivity (Wildman–Crippen MR) is 95.8 cm³/mol. The molecule has 0 aliphatic rings. The van der Waals surface area contributed by atoms with Crippen LogP contribution in [0.2, 0.25) is 0 Å². The molecule has 3 N–H and O–H groups in total. The highest BCUT2D eigenvalue weighted by Gasteiger charge is 2.10. The van der Waals surface area contributed by atoms with E-state index in [1.54, 1.807) is 0 Å². The number of hydrogen-bond acceptors (Lipinski definition) is 3. The molecule has 0 radical (unpaired) electrons. The summed E-state index contributed by atoms with van der Waals surface area (Å²) in [6.07, 6.45) is -0.105. The zero-order valence-electron chi connectivity index (χ0n) is 14.6. The van der Waals surface area contributed by atoms with E-state index in [0.29, 0.717) is 5.69 Å². The van der Waals surface area contributed by atoms with Crippen LogP contribution in [-0.2, 0) is 9.59 Å². The number of hydrazine groups is 1. The summed E-state index contributed by atoms with van der Waals surface area (Å²) in [5, 5.41) is 2.76. The molecule has 6 nitrogen and oxygen atoms in total. The molecular formula is C19H20FN3O3. The van der Waals surface area contributed by atoms with Crippen LogP contribution in [0, 0.1) is 19.7 Å². The molecule has 0 bridgehead atoms. The average Bonchev–Trinajstić information content (AvgIpc) is 2.61. The van der Waals surface area contributed by atoms with E-state index in [0.717, 1.165) is 23.3 Å². The first-order chi connectivity index (χ1) is 12.3. The van der Waals surface area contributed by atoms with Crippen molar-refractivity contribution in [2.45, 2.75) is 26.7 Å². The summed E-state index contributed by atoms with van der Waals surface area (Å²) in [5.41, 5.74) is 7.31. The largest absolute Gasteiger partial charge is 0.326 e. The molecular weight excluding hydrogens is 337 g/mol. The van der Waals surface area contributed by atoms with Crippen molar-refractivity contribution in [2.75, 3.05) is 5.32 Å². The van der Waals surface area contributed by atoms with Crippen molar-refractivity contribution in [3.05, 3.63) is 65.0 Å². The number of nitrogens with one attached hydrogen (secondary N) is 3. The minimum Gasteiger partial charge on any atom is -0.326 e. The molecule has 0 fully saturated rings. The van der Waals surface area contributed by atoms with Gasteiger partial charge in [-0.15, -0.1) is 0 Å². The Morgan fingerprint density at radius 2 is 1.54 bits per heavy atom. The van der Waals surface area contributed by atoms with Crippen molar-refractivity contribution >= 4 is 23.4 Å². The number of anilines is 1. The highest BCUT2D eigenvalue weighted by Crippen LogP contribution is 2.16. The van der Waals surface area contributed by atoms with E-state index < -0.39 is 17.6 Å². The molecule has 0 saturated carbocycles. The van der Waals surface area contributed by atoms with Gasteiger partial charge in [0, 0.05) is 24.1 Å². The summed E-state index contributed by atoms with van der Waals surface area (Å²) in [7, 11) is 0. The fourth-order valence-electron chi connectivity index (χ4n) is 2.17. The molecule has 26 heavy (non-hydrogen) atoms. The molecule has 0 aliphatic heterocycles. The van der Waals surface area contributed by atoms with Crippen LogP contribution in [0.1, 0.15) is 34.3 Å². The van der Waals surface area contributed by atoms with Gasteiger partial charge in [-0.3, -0.25) is 25.2 Å². The van der Waals surface area contributed by atoms with E-state index in [9.17, 15) is 18.8 Å². The number of rotatable bonds is 5. The minimum atomic E-state index is -0.571. The Morgan fingerprint density at radius 3 is 2.23 bits per heavy atom. The molecule has 3 amide bonds. The lowest BCUT2D eigenvalue weighted by Crippen LogP contribution is -2.41. The number of aryl methyl sites for hydroxylation is 2. The second kappa shape index (κ2) is 8.75. The first-order valence-electron chi connectivity index (χ1n) is 8.07. The second-order valence-corrected chi connectivity index (χ2v) is 5.88. The van der Waals surface area contributed by atoms with Crippen molar-refractivity contribution in [1.29, 1.82) is 0 Å². The van der Waals surface area contributed by atoms with Crippen LogP contribution >= 0.6 is 0 Å². The lowest BCUT2D eigenvalue weighted by atomic mass is 10.1. The molecule has 0 unspecified atom stereocenters. The van der Waals surface area contributed by atoms with Gasteiger partial charge in [0.15, 0.2) is 0 Å². The normalized spacial score (nSPS) is 10.1. The molecule has 7 heteroatoms. The van der Waals surface area contributed by atoms with Crippen molar-refractivity contribution in [1.82, 2.24) is 10.9 Å². The van der Waals surface area contributed by atoms with E-state index in [2.05, 4.69) is 16.2 Å². The van der Waals surface area contributed by atoms with Gasteiger partial charge in [-0.05, 0) is 55.3 Å². The Balaban J connectivity index is 1.75. The van der Waals surface area contributed by atoms with E-state index in [1.807, 2.05) is 32.0 Å². The lowest BCUT2D eigenvalue weighted by Gasteiger charge is -2.10. The van der Waals surface area contributed by atoms with E-state index in [4.69, 9.17) is 0 Å². The molecule has 0 spiro atoms. The summed E-state index contributed by atoms with van der Waals surface area (Å²) >= 11 is 0. The number of carbonyl (C=O) groups excluding carboxylic acids is 3. The zero-order valence-corrected chi connectivity index (χ0v) is 14.6. The van der Waals surface area contributed by atoms with Gasteiger partial charge in [0.25, 0.3) is 5.91 Å². The van der Waals surface area contributed by atoms with Crippen LogP contribution in [0.25, 0.3) is 0 Å². The molecule has 0 saturated heterocycles. The molecule has 0 atom stereocenters. The molecule has 0 aliphatic carbocycles. The maximum Gasteiger partial charge on any atom is 0.269 e. The van der Waals surface area contributed by atoms with Crippen molar-refractivity contribution in [3.63, 3.8) is 0 Å². The molecule has 0 aromatic heterocycles. The fourth-order valence-corrected chi connectivity index (χ4v) is 2.17. The fraction of sp³-hybridized carbons (Fsp3) is 0.211. The van der Waals surface area contributed by atoms with Gasteiger partial charge in [-0.1, -0.05) is 12.1 Å². The van der Waals surface area contributed by atoms with Gasteiger partial charge in [0.2, 0.25) is 11.8 Å². The number of carbonyl (C=O) groups is 3. The van der Waals surface area contributed by atoms with Crippen LogP contribution in [0.15, 0.2) is 42.5 Å². The number of amides is 3. The second-order valence-electron chi connectivity index (χ2n) is 5.88. The summed E-state index contributed by atoms with van der Waals surface area (Å²) in [4.78, 5) is 35.5. The van der Waals surface area contributed by atoms with Gasteiger partial charge >= 0.3 is 0 Å². The van der Waals surface area contributed by atoms with Crippen LogP contribution < -0.4 is 16.2 Å². The zero-order chi connectivity index (χ0) is 19.1. The predicted octanol–water partition coefficient (Wildman–Crippen LogP) is 2.62. The molecule has 0 heterocycles. The van der Waals surface area contributed by atoms with Crippen LogP contribution in [-0.4, -0.2) is 17.7 Å². The standard InChI is InChI=1S/C19H20FN3O3/c1-12-3-4-13(2)16(11-12)21-17(24)9-10-18(25)22-23-19(26)14-5-7-15(20)8-6-14/h3-8,11H,9-10H2,1-2H3,(H,21,24)(H,22,25)(H,23,26). The SMILES string of the molecule is Cc1ccc(C)c(NC(=O)CCC(=O)NNC(=O)c2ccc(F)cc2)c1. The van der Waals surface area contributed by atoms with Crippen LogP contribution in [0.4, 0.5) is 10.1 Å². The third-order valence-corrected chi connectivity index (χ3v) is 3.67. The van der Waals surface area contributed by atoms with Crippen LogP contribution in [0.5, 0.6) is 0 Å². The van der Waals surface area contributed by atoms with Crippen LogP contribution in [0.3, 0.4) is 0 Å². The Labute approximate surface area is 150 Å². The van der Waals surface area contributed by atoms with Gasteiger partial charge in [-0.25, -0.2) is 4.39 Å². The average molecular weight is 357 g/mol. The number of halogens is 1. The van der Waals surface area contributed by atoms with Gasteiger partial charge in [0.1, 0.15) is 5.82 Å². The third kappa shape index (κ3) is 5.70. The Morgan fingerprint density at radius 1 is 0.885 bits per heavy atom. The Bertz CT molecular complexity index is 819. The monoisotopic (exact) mass is 357 g/mol. The maximum absolute atomic E-state index is 12.8. The van der Waals surface area contributed by atoms with Crippen molar-refractivity contribution in [2.24, 2.45) is 0 Å². The minimum absolute atomic E-state index is 0.0222. The topological polar surface area (TPSA) is 87.3 Å². The van der Waals surface area contributed by atoms with E-state index in [1.165, 1.54) is 12.1 Å².